The molecule has 1 N–H and O–H groups in total. The van der Waals surface area contributed by atoms with Gasteiger partial charge >= 0.3 is 0 Å². The average Bonchev–Trinajstić information content (AvgIpc) is 3.21. The third kappa shape index (κ3) is 4.04. The lowest BCUT2D eigenvalue weighted by Crippen LogP contribution is -2.23. The Morgan fingerprint density at radius 1 is 1.07 bits per heavy atom. The van der Waals surface area contributed by atoms with Gasteiger partial charge in [-0.05, 0) is 43.2 Å². The summed E-state index contributed by atoms with van der Waals surface area (Å²) in [5.41, 5.74) is 1.46. The van der Waals surface area contributed by atoms with E-state index in [-0.39, 0.29) is 15.5 Å². The van der Waals surface area contributed by atoms with Crippen LogP contribution in [0.3, 0.4) is 0 Å². The molecule has 1 amide bonds. The molecule has 29 heavy (non-hydrogen) atoms. The number of halogens is 1. The number of rotatable bonds is 4. The fourth-order valence-corrected chi connectivity index (χ4v) is 4.16. The SMILES string of the molecule is CS(=O)(=O)c1ccc(Cl)c(C(=O)Nc2nc3ccccc3nc2N2CCCC2)c1. The van der Waals surface area contributed by atoms with E-state index in [1.165, 1.54) is 18.2 Å². The van der Waals surface area contributed by atoms with E-state index in [4.69, 9.17) is 16.6 Å². The third-order valence-corrected chi connectivity index (χ3v) is 6.24. The summed E-state index contributed by atoms with van der Waals surface area (Å²) in [6.45, 7) is 1.67. The van der Waals surface area contributed by atoms with Gasteiger partial charge in [0, 0.05) is 19.3 Å². The lowest BCUT2D eigenvalue weighted by molar-refractivity contribution is 0.102. The van der Waals surface area contributed by atoms with Crippen LogP contribution in [-0.2, 0) is 9.84 Å². The summed E-state index contributed by atoms with van der Waals surface area (Å²) in [4.78, 5) is 24.3. The molecule has 0 atom stereocenters. The molecule has 2 aromatic carbocycles. The Hall–Kier alpha value is -2.71. The summed E-state index contributed by atoms with van der Waals surface area (Å²) in [7, 11) is -3.47. The van der Waals surface area contributed by atoms with Crippen molar-refractivity contribution in [1.29, 1.82) is 0 Å². The van der Waals surface area contributed by atoms with Gasteiger partial charge in [-0.25, -0.2) is 18.4 Å². The van der Waals surface area contributed by atoms with E-state index >= 15 is 0 Å². The topological polar surface area (TPSA) is 92.3 Å². The lowest BCUT2D eigenvalue weighted by atomic mass is 10.2. The van der Waals surface area contributed by atoms with E-state index < -0.39 is 15.7 Å². The number of nitrogens with zero attached hydrogens (tertiary/aromatic N) is 3. The maximum absolute atomic E-state index is 12.9. The molecule has 150 valence electrons. The number of carbonyl (C=O) groups is 1. The van der Waals surface area contributed by atoms with Gasteiger partial charge in [-0.2, -0.15) is 0 Å². The van der Waals surface area contributed by atoms with Gasteiger partial charge in [-0.1, -0.05) is 23.7 Å². The van der Waals surface area contributed by atoms with Crippen LogP contribution in [0.1, 0.15) is 23.2 Å². The molecule has 0 saturated carbocycles. The van der Waals surface area contributed by atoms with Crippen LogP contribution in [0.4, 0.5) is 11.6 Å². The number of benzene rings is 2. The molecule has 0 unspecified atom stereocenters. The Balaban J connectivity index is 1.75. The lowest BCUT2D eigenvalue weighted by Gasteiger charge is -2.20. The molecule has 2 heterocycles. The minimum Gasteiger partial charge on any atom is -0.354 e. The van der Waals surface area contributed by atoms with Crippen LogP contribution in [0.15, 0.2) is 47.4 Å². The maximum Gasteiger partial charge on any atom is 0.258 e. The van der Waals surface area contributed by atoms with Crippen molar-refractivity contribution in [3.63, 3.8) is 0 Å². The molecule has 1 saturated heterocycles. The summed E-state index contributed by atoms with van der Waals surface area (Å²) in [5.74, 6) is 0.395. The van der Waals surface area contributed by atoms with E-state index in [2.05, 4.69) is 15.2 Å². The Kier molecular flexibility index (Phi) is 5.14. The number of para-hydroxylation sites is 2. The predicted octanol–water partition coefficient (Wildman–Crippen LogP) is 3.54. The van der Waals surface area contributed by atoms with Crippen LogP contribution in [-0.4, -0.2) is 43.6 Å². The second-order valence-corrected chi connectivity index (χ2v) is 9.37. The number of anilines is 2. The molecule has 7 nitrogen and oxygen atoms in total. The van der Waals surface area contributed by atoms with Crippen LogP contribution >= 0.6 is 11.6 Å². The number of carbonyl (C=O) groups excluding carboxylic acids is 1. The highest BCUT2D eigenvalue weighted by atomic mass is 35.5. The second kappa shape index (κ2) is 7.61. The molecule has 0 spiro atoms. The van der Waals surface area contributed by atoms with Crippen LogP contribution in [0.25, 0.3) is 11.0 Å². The van der Waals surface area contributed by atoms with E-state index in [0.717, 1.165) is 37.7 Å². The van der Waals surface area contributed by atoms with Crippen molar-refractivity contribution >= 4 is 50.0 Å². The molecule has 1 aliphatic heterocycles. The summed E-state index contributed by atoms with van der Waals surface area (Å²) in [6, 6.07) is 11.5. The first kappa shape index (κ1) is 19.6. The molecule has 0 bridgehead atoms. The smallest absolute Gasteiger partial charge is 0.258 e. The standard InChI is InChI=1S/C20H19ClN4O3S/c1-29(27,28)13-8-9-15(21)14(12-13)20(26)24-18-19(25-10-4-5-11-25)23-17-7-3-2-6-16(17)22-18/h2-3,6-9,12H,4-5,10-11H2,1H3,(H,22,24,26). The molecule has 3 aromatic rings. The van der Waals surface area contributed by atoms with Gasteiger partial charge in [-0.3, -0.25) is 4.79 Å². The first-order valence-corrected chi connectivity index (χ1v) is 11.4. The molecule has 1 fully saturated rings. The van der Waals surface area contributed by atoms with Gasteiger partial charge in [0.15, 0.2) is 21.5 Å². The fraction of sp³-hybridized carbons (Fsp3) is 0.250. The summed E-state index contributed by atoms with van der Waals surface area (Å²) < 4.78 is 23.7. The average molecular weight is 431 g/mol. The number of hydrogen-bond donors (Lipinski definition) is 1. The van der Waals surface area contributed by atoms with Crippen molar-refractivity contribution in [3.8, 4) is 0 Å². The molecular formula is C20H19ClN4O3S. The number of nitrogens with one attached hydrogen (secondary N) is 1. The Morgan fingerprint density at radius 3 is 2.38 bits per heavy atom. The minimum atomic E-state index is -3.47. The zero-order valence-corrected chi connectivity index (χ0v) is 17.3. The molecule has 1 aromatic heterocycles. The monoisotopic (exact) mass is 430 g/mol. The van der Waals surface area contributed by atoms with Gasteiger partial charge < -0.3 is 10.2 Å². The van der Waals surface area contributed by atoms with Gasteiger partial charge in [0.1, 0.15) is 0 Å². The van der Waals surface area contributed by atoms with Crippen LogP contribution in [0.5, 0.6) is 0 Å². The fourth-order valence-electron chi connectivity index (χ4n) is 3.31. The van der Waals surface area contributed by atoms with Crippen LogP contribution in [0.2, 0.25) is 5.02 Å². The highest BCUT2D eigenvalue weighted by molar-refractivity contribution is 7.90. The minimum absolute atomic E-state index is 0.0245. The highest BCUT2D eigenvalue weighted by Gasteiger charge is 2.22. The van der Waals surface area contributed by atoms with Crippen molar-refractivity contribution < 1.29 is 13.2 Å². The van der Waals surface area contributed by atoms with Crippen molar-refractivity contribution in [2.24, 2.45) is 0 Å². The predicted molar refractivity (Wildman–Crippen MR) is 114 cm³/mol. The van der Waals surface area contributed by atoms with Crippen molar-refractivity contribution in [3.05, 3.63) is 53.1 Å². The maximum atomic E-state index is 12.9. The second-order valence-electron chi connectivity index (χ2n) is 6.95. The van der Waals surface area contributed by atoms with Crippen LogP contribution in [0, 0.1) is 0 Å². The molecule has 9 heteroatoms. The summed E-state index contributed by atoms with van der Waals surface area (Å²) in [6.07, 6.45) is 3.17. The summed E-state index contributed by atoms with van der Waals surface area (Å²) in [5, 5.41) is 2.94. The molecule has 0 radical (unpaired) electrons. The van der Waals surface area contributed by atoms with E-state index in [1.54, 1.807) is 0 Å². The third-order valence-electron chi connectivity index (χ3n) is 4.80. The van der Waals surface area contributed by atoms with Crippen molar-refractivity contribution in [2.45, 2.75) is 17.7 Å². The number of hydrogen-bond acceptors (Lipinski definition) is 6. The molecule has 1 aliphatic rings. The zero-order chi connectivity index (χ0) is 20.6. The molecular weight excluding hydrogens is 412 g/mol. The highest BCUT2D eigenvalue weighted by Crippen LogP contribution is 2.29. The number of amides is 1. The van der Waals surface area contributed by atoms with Crippen molar-refractivity contribution in [2.75, 3.05) is 29.6 Å². The summed E-state index contributed by atoms with van der Waals surface area (Å²) >= 11 is 6.17. The van der Waals surface area contributed by atoms with Crippen molar-refractivity contribution in [1.82, 2.24) is 9.97 Å². The quantitative estimate of drug-likeness (QED) is 0.680. The first-order valence-electron chi connectivity index (χ1n) is 9.15. The van der Waals surface area contributed by atoms with Gasteiger partial charge in [0.05, 0.1) is 26.5 Å². The number of fused-ring (bicyclic) bond motifs is 1. The van der Waals surface area contributed by atoms with Gasteiger partial charge in [0.25, 0.3) is 5.91 Å². The first-order chi connectivity index (χ1) is 13.8. The molecule has 4 rings (SSSR count). The Bertz CT molecular complexity index is 1210. The van der Waals surface area contributed by atoms with Gasteiger partial charge in [0.2, 0.25) is 0 Å². The normalized spacial score (nSPS) is 14.3. The van der Waals surface area contributed by atoms with E-state index in [9.17, 15) is 13.2 Å². The number of sulfone groups is 1. The van der Waals surface area contributed by atoms with Gasteiger partial charge in [-0.15, -0.1) is 0 Å². The largest absolute Gasteiger partial charge is 0.354 e. The Labute approximate surface area is 173 Å². The zero-order valence-electron chi connectivity index (χ0n) is 15.7. The Morgan fingerprint density at radius 2 is 1.72 bits per heavy atom. The van der Waals surface area contributed by atoms with Crippen LogP contribution < -0.4 is 10.2 Å². The number of aromatic nitrogens is 2. The molecule has 0 aliphatic carbocycles. The van der Waals surface area contributed by atoms with E-state index in [1.807, 2.05) is 24.3 Å². The van der Waals surface area contributed by atoms with E-state index in [0.29, 0.717) is 17.2 Å².